The smallest absolute Gasteiger partial charge is 0.177 e. The predicted molar refractivity (Wildman–Crippen MR) is 32.4 cm³/mol. The van der Waals surface area contributed by atoms with Gasteiger partial charge < -0.3 is 0 Å². The maximum atomic E-state index is 10.7. The van der Waals surface area contributed by atoms with Gasteiger partial charge in [0.2, 0.25) is 0 Å². The molecule has 0 aromatic rings. The van der Waals surface area contributed by atoms with E-state index in [-0.39, 0.29) is 0 Å². The summed E-state index contributed by atoms with van der Waals surface area (Å²) in [6, 6.07) is 0. The Morgan fingerprint density at radius 2 is 2.25 bits per heavy atom. The van der Waals surface area contributed by atoms with Gasteiger partial charge in [-0.05, 0) is 12.8 Å². The Morgan fingerprint density at radius 3 is 3.12 bits per heavy atom. The van der Waals surface area contributed by atoms with Crippen molar-refractivity contribution in [3.05, 3.63) is 6.42 Å². The number of hydrogen-bond acceptors (Lipinski definition) is 1. The zero-order chi connectivity index (χ0) is 5.82. The lowest BCUT2D eigenvalue weighted by atomic mass is 10.2. The van der Waals surface area contributed by atoms with Crippen molar-refractivity contribution < 1.29 is 4.79 Å². The fourth-order valence-electron chi connectivity index (χ4n) is 0.976. The first-order chi connectivity index (χ1) is 3.89. The molecule has 1 rings (SSSR count). The Bertz CT molecular complexity index is 76.4. The molecular weight excluding hydrogens is 100 g/mol. The molecule has 1 heteroatoms. The summed E-state index contributed by atoms with van der Waals surface area (Å²) in [7, 11) is 0. The monoisotopic (exact) mass is 111 g/mol. The van der Waals surface area contributed by atoms with Crippen LogP contribution in [-0.2, 0) is 4.79 Å². The van der Waals surface area contributed by atoms with Gasteiger partial charge in [-0.15, -0.1) is 0 Å². The molecule has 44 valence electrons. The maximum absolute atomic E-state index is 10.7. The lowest BCUT2D eigenvalue weighted by Gasteiger charge is -1.83. The first-order valence-electron chi connectivity index (χ1n) is 3.23. The summed E-state index contributed by atoms with van der Waals surface area (Å²) >= 11 is 0. The second-order valence-electron chi connectivity index (χ2n) is 2.28. The van der Waals surface area contributed by atoms with Gasteiger partial charge >= 0.3 is 0 Å². The summed E-state index contributed by atoms with van der Waals surface area (Å²) in [6.07, 6.45) is 7.10. The molecule has 0 amide bonds. The summed E-state index contributed by atoms with van der Waals surface area (Å²) in [6.45, 7) is 0. The summed E-state index contributed by atoms with van der Waals surface area (Å²) < 4.78 is 0. The molecule has 0 N–H and O–H groups in total. The fraction of sp³-hybridized carbons (Fsp3) is 0.714. The minimum absolute atomic E-state index is 0.419. The van der Waals surface area contributed by atoms with Crippen LogP contribution >= 0.6 is 0 Å². The van der Waals surface area contributed by atoms with Gasteiger partial charge in [0.25, 0.3) is 0 Å². The van der Waals surface area contributed by atoms with E-state index in [0.717, 1.165) is 25.7 Å². The highest BCUT2D eigenvalue weighted by molar-refractivity contribution is 5.79. The SMILES string of the molecule is O=C1C[CH+]CCCC1. The van der Waals surface area contributed by atoms with Crippen LogP contribution in [0.4, 0.5) is 0 Å². The second-order valence-corrected chi connectivity index (χ2v) is 2.28. The number of ketones is 1. The number of rotatable bonds is 0. The topological polar surface area (TPSA) is 17.1 Å². The molecule has 0 aliphatic heterocycles. The van der Waals surface area contributed by atoms with E-state index in [1.807, 2.05) is 0 Å². The van der Waals surface area contributed by atoms with Crippen LogP contribution < -0.4 is 0 Å². The fourth-order valence-corrected chi connectivity index (χ4v) is 0.976. The molecule has 1 aliphatic carbocycles. The molecule has 0 atom stereocenters. The standard InChI is InChI=1S/C7H11O/c8-7-5-3-1-2-4-6-7/h3H,1-2,4-6H2/q+1. The highest BCUT2D eigenvalue weighted by Gasteiger charge is 2.12. The number of hydrogen-bond donors (Lipinski definition) is 0. The third kappa shape index (κ3) is 1.57. The van der Waals surface area contributed by atoms with Crippen LogP contribution in [-0.4, -0.2) is 5.78 Å². The van der Waals surface area contributed by atoms with E-state index in [9.17, 15) is 4.79 Å². The van der Waals surface area contributed by atoms with Crippen molar-refractivity contribution in [3.63, 3.8) is 0 Å². The van der Waals surface area contributed by atoms with E-state index >= 15 is 0 Å². The Balaban J connectivity index is 2.27. The largest absolute Gasteiger partial charge is 0.295 e. The molecule has 0 aromatic heterocycles. The molecule has 8 heavy (non-hydrogen) atoms. The zero-order valence-electron chi connectivity index (χ0n) is 5.02. The van der Waals surface area contributed by atoms with Crippen molar-refractivity contribution in [3.8, 4) is 0 Å². The minimum Gasteiger partial charge on any atom is -0.295 e. The zero-order valence-corrected chi connectivity index (χ0v) is 5.02. The maximum Gasteiger partial charge on any atom is 0.177 e. The van der Waals surface area contributed by atoms with Crippen LogP contribution in [0.5, 0.6) is 0 Å². The van der Waals surface area contributed by atoms with Crippen molar-refractivity contribution >= 4 is 5.78 Å². The van der Waals surface area contributed by atoms with Crippen LogP contribution in [0.1, 0.15) is 32.1 Å². The molecule has 0 saturated heterocycles. The van der Waals surface area contributed by atoms with E-state index in [1.165, 1.54) is 6.42 Å². The van der Waals surface area contributed by atoms with E-state index in [2.05, 4.69) is 6.42 Å². The van der Waals surface area contributed by atoms with Crippen molar-refractivity contribution in [1.29, 1.82) is 0 Å². The molecule has 0 aromatic carbocycles. The highest BCUT2D eigenvalue weighted by Crippen LogP contribution is 2.11. The summed E-state index contributed by atoms with van der Waals surface area (Å²) in [5.41, 5.74) is 0. The van der Waals surface area contributed by atoms with Crippen LogP contribution in [0.2, 0.25) is 0 Å². The average Bonchev–Trinajstić information content (AvgIpc) is 1.94. The van der Waals surface area contributed by atoms with Gasteiger partial charge in [0.15, 0.2) is 5.78 Å². The van der Waals surface area contributed by atoms with Gasteiger partial charge in [0.1, 0.15) is 6.42 Å². The predicted octanol–water partition coefficient (Wildman–Crippen LogP) is 1.72. The Labute approximate surface area is 50.1 Å². The number of carbonyl (C=O) groups is 1. The summed E-state index contributed by atoms with van der Waals surface area (Å²) in [4.78, 5) is 10.7. The second kappa shape index (κ2) is 2.75. The van der Waals surface area contributed by atoms with Crippen molar-refractivity contribution in [2.45, 2.75) is 32.1 Å². The number of carbonyl (C=O) groups excluding carboxylic acids is 1. The van der Waals surface area contributed by atoms with E-state index in [4.69, 9.17) is 0 Å². The molecule has 0 bridgehead atoms. The van der Waals surface area contributed by atoms with Crippen LogP contribution in [0, 0.1) is 6.42 Å². The molecule has 1 fully saturated rings. The molecule has 1 aliphatic rings. The van der Waals surface area contributed by atoms with Crippen molar-refractivity contribution in [2.24, 2.45) is 0 Å². The molecular formula is C7H11O+. The molecule has 1 nitrogen and oxygen atoms in total. The Kier molecular flexibility index (Phi) is 1.95. The van der Waals surface area contributed by atoms with E-state index in [0.29, 0.717) is 5.78 Å². The first kappa shape index (κ1) is 5.67. The van der Waals surface area contributed by atoms with Crippen LogP contribution in [0.3, 0.4) is 0 Å². The third-order valence-electron chi connectivity index (χ3n) is 1.49. The molecule has 0 unspecified atom stereocenters. The Hall–Kier alpha value is -0.460. The lowest BCUT2D eigenvalue weighted by molar-refractivity contribution is -0.118. The van der Waals surface area contributed by atoms with Crippen molar-refractivity contribution in [2.75, 3.05) is 0 Å². The van der Waals surface area contributed by atoms with Gasteiger partial charge in [-0.2, -0.15) is 0 Å². The van der Waals surface area contributed by atoms with Crippen LogP contribution in [0.25, 0.3) is 0 Å². The summed E-state index contributed by atoms with van der Waals surface area (Å²) in [5.74, 6) is 0.419. The third-order valence-corrected chi connectivity index (χ3v) is 1.49. The highest BCUT2D eigenvalue weighted by atomic mass is 16.1. The van der Waals surface area contributed by atoms with Gasteiger partial charge in [-0.1, -0.05) is 0 Å². The van der Waals surface area contributed by atoms with Crippen LogP contribution in [0.15, 0.2) is 0 Å². The minimum atomic E-state index is 0.419. The quantitative estimate of drug-likeness (QED) is 0.343. The average molecular weight is 111 g/mol. The summed E-state index contributed by atoms with van der Waals surface area (Å²) in [5, 5.41) is 0. The van der Waals surface area contributed by atoms with Crippen molar-refractivity contribution in [1.82, 2.24) is 0 Å². The van der Waals surface area contributed by atoms with Gasteiger partial charge in [-0.3, -0.25) is 4.79 Å². The molecule has 0 spiro atoms. The van der Waals surface area contributed by atoms with E-state index in [1.54, 1.807) is 0 Å². The van der Waals surface area contributed by atoms with Gasteiger partial charge in [0, 0.05) is 6.42 Å². The lowest BCUT2D eigenvalue weighted by Crippen LogP contribution is -1.92. The molecule has 0 heterocycles. The van der Waals surface area contributed by atoms with Gasteiger partial charge in [-0.25, -0.2) is 0 Å². The van der Waals surface area contributed by atoms with Gasteiger partial charge in [0.05, 0.1) is 12.8 Å². The molecule has 0 radical (unpaired) electrons. The Morgan fingerprint density at radius 1 is 1.38 bits per heavy atom. The normalized spacial score (nSPS) is 21.8. The number of Topliss-reactive ketones (excluding diaryl/α,β-unsaturated/α-hetero) is 1. The first-order valence-corrected chi connectivity index (χ1v) is 3.23. The molecule has 1 saturated carbocycles. The van der Waals surface area contributed by atoms with E-state index < -0.39 is 0 Å².